The summed E-state index contributed by atoms with van der Waals surface area (Å²) in [6.07, 6.45) is 3.59. The highest BCUT2D eigenvalue weighted by Crippen LogP contribution is 2.26. The van der Waals surface area contributed by atoms with E-state index in [4.69, 9.17) is 20.8 Å². The SMILES string of the molecule is COc1ccc(/C=C/C(=O)N(Cc2ccc(-c3ccc(Cl)cc3)o2)[C@@H]2CCS(=O)(=O)C2)cc1. The number of ether oxygens (including phenoxy) is 1. The average molecular weight is 486 g/mol. The highest BCUT2D eigenvalue weighted by molar-refractivity contribution is 7.91. The summed E-state index contributed by atoms with van der Waals surface area (Å²) in [5.41, 5.74) is 1.71. The molecule has 2 heterocycles. The van der Waals surface area contributed by atoms with E-state index in [2.05, 4.69) is 0 Å². The Morgan fingerprint density at radius 2 is 1.85 bits per heavy atom. The van der Waals surface area contributed by atoms with E-state index in [0.29, 0.717) is 23.0 Å². The van der Waals surface area contributed by atoms with Crippen LogP contribution in [0.2, 0.25) is 5.02 Å². The summed E-state index contributed by atoms with van der Waals surface area (Å²) in [5, 5.41) is 0.633. The van der Waals surface area contributed by atoms with Crippen molar-refractivity contribution in [3.63, 3.8) is 0 Å². The van der Waals surface area contributed by atoms with Crippen molar-refractivity contribution in [2.24, 2.45) is 0 Å². The van der Waals surface area contributed by atoms with Crippen LogP contribution in [0.25, 0.3) is 17.4 Å². The first-order chi connectivity index (χ1) is 15.8. The molecule has 0 saturated carbocycles. The molecule has 1 aromatic heterocycles. The lowest BCUT2D eigenvalue weighted by Gasteiger charge is -2.26. The molecule has 0 bridgehead atoms. The van der Waals surface area contributed by atoms with Crippen molar-refractivity contribution < 1.29 is 22.4 Å². The van der Waals surface area contributed by atoms with E-state index < -0.39 is 15.9 Å². The first kappa shape index (κ1) is 23.1. The zero-order valence-corrected chi connectivity index (χ0v) is 19.7. The summed E-state index contributed by atoms with van der Waals surface area (Å²) in [7, 11) is -1.57. The summed E-state index contributed by atoms with van der Waals surface area (Å²) in [4.78, 5) is 14.7. The normalized spacial score (nSPS) is 17.3. The molecule has 1 fully saturated rings. The monoisotopic (exact) mass is 485 g/mol. The van der Waals surface area contributed by atoms with E-state index in [0.717, 1.165) is 16.9 Å². The highest BCUT2D eigenvalue weighted by atomic mass is 35.5. The molecule has 1 aliphatic heterocycles. The van der Waals surface area contributed by atoms with Gasteiger partial charge in [-0.3, -0.25) is 4.79 Å². The molecule has 172 valence electrons. The van der Waals surface area contributed by atoms with Gasteiger partial charge in [0.15, 0.2) is 9.84 Å². The Kier molecular flexibility index (Phi) is 6.91. The molecular formula is C25H24ClNO5S. The standard InChI is InChI=1S/C25H24ClNO5S/c1-31-22-9-2-18(3-10-22)4-13-25(28)27(21-14-15-33(29,30)17-21)16-23-11-12-24(32-23)19-5-7-20(26)8-6-19/h2-13,21H,14-17H2,1H3/b13-4+/t21-/m1/s1. The van der Waals surface area contributed by atoms with E-state index in [9.17, 15) is 13.2 Å². The number of hydrogen-bond donors (Lipinski definition) is 0. The van der Waals surface area contributed by atoms with Crippen LogP contribution in [0.4, 0.5) is 0 Å². The molecule has 1 saturated heterocycles. The number of hydrogen-bond acceptors (Lipinski definition) is 5. The number of halogens is 1. The number of furan rings is 1. The fraction of sp³-hybridized carbons (Fsp3) is 0.240. The van der Waals surface area contributed by atoms with Gasteiger partial charge in [-0.2, -0.15) is 0 Å². The number of rotatable bonds is 7. The van der Waals surface area contributed by atoms with Crippen molar-refractivity contribution in [1.29, 1.82) is 0 Å². The Labute approximate surface area is 198 Å². The van der Waals surface area contributed by atoms with Gasteiger partial charge in [0.2, 0.25) is 5.91 Å². The maximum Gasteiger partial charge on any atom is 0.247 e. The van der Waals surface area contributed by atoms with Crippen LogP contribution in [-0.2, 0) is 21.2 Å². The van der Waals surface area contributed by atoms with E-state index in [1.807, 2.05) is 42.5 Å². The quantitative estimate of drug-likeness (QED) is 0.447. The van der Waals surface area contributed by atoms with E-state index in [1.165, 1.54) is 6.08 Å². The van der Waals surface area contributed by atoms with Crippen molar-refractivity contribution in [1.82, 2.24) is 4.90 Å². The van der Waals surface area contributed by atoms with Gasteiger partial charge < -0.3 is 14.1 Å². The van der Waals surface area contributed by atoms with Gasteiger partial charge in [-0.15, -0.1) is 0 Å². The van der Waals surface area contributed by atoms with E-state index >= 15 is 0 Å². The van der Waals surface area contributed by atoms with Gasteiger partial charge in [0.25, 0.3) is 0 Å². The first-order valence-electron chi connectivity index (χ1n) is 10.5. The predicted molar refractivity (Wildman–Crippen MR) is 129 cm³/mol. The fourth-order valence-electron chi connectivity index (χ4n) is 3.79. The summed E-state index contributed by atoms with van der Waals surface area (Å²) >= 11 is 5.96. The third kappa shape index (κ3) is 5.86. The number of benzene rings is 2. The average Bonchev–Trinajstić information content (AvgIpc) is 3.42. The Bertz CT molecular complexity index is 1250. The Balaban J connectivity index is 1.54. The molecule has 0 spiro atoms. The predicted octanol–water partition coefficient (Wildman–Crippen LogP) is 4.84. The molecule has 2 aromatic carbocycles. The fourth-order valence-corrected chi connectivity index (χ4v) is 5.64. The molecule has 0 unspecified atom stereocenters. The Morgan fingerprint density at radius 1 is 1.12 bits per heavy atom. The van der Waals surface area contributed by atoms with Crippen LogP contribution < -0.4 is 4.74 Å². The molecule has 3 aromatic rings. The summed E-state index contributed by atoms with van der Waals surface area (Å²) in [6, 6.07) is 17.8. The topological polar surface area (TPSA) is 76.8 Å². The molecule has 4 rings (SSSR count). The zero-order chi connectivity index (χ0) is 23.4. The van der Waals surface area contributed by atoms with Crippen LogP contribution in [0.1, 0.15) is 17.7 Å². The molecule has 8 heteroatoms. The molecule has 0 radical (unpaired) electrons. The van der Waals surface area contributed by atoms with Crippen molar-refractivity contribution in [3.05, 3.63) is 83.1 Å². The highest BCUT2D eigenvalue weighted by Gasteiger charge is 2.34. The number of carbonyl (C=O) groups excluding carboxylic acids is 1. The van der Waals surface area contributed by atoms with Gasteiger partial charge >= 0.3 is 0 Å². The van der Waals surface area contributed by atoms with Gasteiger partial charge in [0.1, 0.15) is 17.3 Å². The van der Waals surface area contributed by atoms with Crippen molar-refractivity contribution in [3.8, 4) is 17.1 Å². The minimum atomic E-state index is -3.16. The smallest absolute Gasteiger partial charge is 0.247 e. The first-order valence-corrected chi connectivity index (χ1v) is 12.7. The third-order valence-corrected chi connectivity index (χ3v) is 7.59. The lowest BCUT2D eigenvalue weighted by atomic mass is 10.1. The Morgan fingerprint density at radius 3 is 2.48 bits per heavy atom. The zero-order valence-electron chi connectivity index (χ0n) is 18.1. The lowest BCUT2D eigenvalue weighted by molar-refractivity contribution is -0.128. The molecule has 1 amide bonds. The largest absolute Gasteiger partial charge is 0.497 e. The second-order valence-corrected chi connectivity index (χ2v) is 10.6. The van der Waals surface area contributed by atoms with Crippen LogP contribution in [0.3, 0.4) is 0 Å². The Hall–Kier alpha value is -3.03. The van der Waals surface area contributed by atoms with Crippen molar-refractivity contribution in [2.45, 2.75) is 19.0 Å². The summed E-state index contributed by atoms with van der Waals surface area (Å²) in [5.74, 6) is 1.73. The number of amides is 1. The minimum Gasteiger partial charge on any atom is -0.497 e. The van der Waals surface area contributed by atoms with Gasteiger partial charge in [-0.05, 0) is 66.6 Å². The summed E-state index contributed by atoms with van der Waals surface area (Å²) < 4.78 is 35.3. The van der Waals surface area contributed by atoms with Crippen LogP contribution >= 0.6 is 11.6 Å². The van der Waals surface area contributed by atoms with Crippen LogP contribution in [-0.4, -0.2) is 43.9 Å². The van der Waals surface area contributed by atoms with Crippen molar-refractivity contribution in [2.75, 3.05) is 18.6 Å². The second-order valence-electron chi connectivity index (χ2n) is 7.90. The van der Waals surface area contributed by atoms with E-state index in [1.54, 1.807) is 36.3 Å². The van der Waals surface area contributed by atoms with E-state index in [-0.39, 0.29) is 24.0 Å². The molecule has 0 N–H and O–H groups in total. The second kappa shape index (κ2) is 9.85. The van der Waals surface area contributed by atoms with Crippen LogP contribution in [0.5, 0.6) is 5.75 Å². The van der Waals surface area contributed by atoms with Gasteiger partial charge in [-0.25, -0.2) is 8.42 Å². The van der Waals surface area contributed by atoms with Gasteiger partial charge in [0, 0.05) is 22.7 Å². The minimum absolute atomic E-state index is 0.0418. The van der Waals surface area contributed by atoms with Crippen LogP contribution in [0, 0.1) is 0 Å². The maximum absolute atomic E-state index is 13.1. The number of methoxy groups -OCH3 is 1. The molecule has 33 heavy (non-hydrogen) atoms. The summed E-state index contributed by atoms with van der Waals surface area (Å²) in [6.45, 7) is 0.180. The molecule has 1 atom stereocenters. The van der Waals surface area contributed by atoms with Gasteiger partial charge in [-0.1, -0.05) is 23.7 Å². The van der Waals surface area contributed by atoms with Crippen LogP contribution in [0.15, 0.2) is 71.2 Å². The molecular weight excluding hydrogens is 462 g/mol. The van der Waals surface area contributed by atoms with Crippen molar-refractivity contribution >= 4 is 33.4 Å². The molecule has 6 nitrogen and oxygen atoms in total. The number of carbonyl (C=O) groups is 1. The third-order valence-electron chi connectivity index (χ3n) is 5.58. The number of nitrogens with zero attached hydrogens (tertiary/aromatic N) is 1. The maximum atomic E-state index is 13.1. The van der Waals surface area contributed by atoms with Gasteiger partial charge in [0.05, 0.1) is 25.2 Å². The molecule has 1 aliphatic rings. The number of sulfone groups is 1. The lowest BCUT2D eigenvalue weighted by Crippen LogP contribution is -2.39. The molecule has 0 aliphatic carbocycles.